The Kier molecular flexibility index (Phi) is 3.36. The van der Waals surface area contributed by atoms with Crippen LogP contribution in [0.5, 0.6) is 5.75 Å². The van der Waals surface area contributed by atoms with E-state index in [2.05, 4.69) is 27.3 Å². The fraction of sp³-hybridized carbons (Fsp3) is 0.538. The van der Waals surface area contributed by atoms with Gasteiger partial charge in [-0.25, -0.2) is 0 Å². The molecule has 0 aromatic heterocycles. The van der Waals surface area contributed by atoms with Crippen LogP contribution < -0.4 is 10.1 Å². The second-order valence-electron chi connectivity index (χ2n) is 4.55. The molecular weight excluding hydrogens is 282 g/mol. The predicted molar refractivity (Wildman–Crippen MR) is 69.0 cm³/mol. The van der Waals surface area contributed by atoms with Crippen molar-refractivity contribution < 1.29 is 9.47 Å². The highest BCUT2D eigenvalue weighted by atomic mass is 79.9. The van der Waals surface area contributed by atoms with E-state index in [1.165, 1.54) is 30.4 Å². The fourth-order valence-electron chi connectivity index (χ4n) is 2.62. The third-order valence-corrected chi connectivity index (χ3v) is 4.16. The van der Waals surface area contributed by atoms with Crippen LogP contribution in [0.25, 0.3) is 0 Å². The summed E-state index contributed by atoms with van der Waals surface area (Å²) in [6, 6.07) is 4.53. The van der Waals surface area contributed by atoms with Crippen LogP contribution in [0, 0.1) is 0 Å². The molecule has 1 saturated heterocycles. The van der Waals surface area contributed by atoms with Crippen LogP contribution in [-0.4, -0.2) is 13.3 Å². The van der Waals surface area contributed by atoms with Gasteiger partial charge in [0.15, 0.2) is 6.79 Å². The van der Waals surface area contributed by atoms with Crippen molar-refractivity contribution >= 4 is 15.9 Å². The van der Waals surface area contributed by atoms with Crippen molar-refractivity contribution in [1.29, 1.82) is 0 Å². The number of fused-ring (bicyclic) bond motifs is 1. The maximum atomic E-state index is 5.54. The summed E-state index contributed by atoms with van der Waals surface area (Å²) in [6.45, 7) is 2.12. The molecule has 92 valence electrons. The Morgan fingerprint density at radius 3 is 3.06 bits per heavy atom. The molecule has 2 heterocycles. The van der Waals surface area contributed by atoms with Crippen molar-refractivity contribution in [3.8, 4) is 5.75 Å². The molecule has 2 aliphatic heterocycles. The minimum atomic E-state index is 0.367. The van der Waals surface area contributed by atoms with E-state index in [-0.39, 0.29) is 0 Å². The zero-order valence-corrected chi connectivity index (χ0v) is 11.3. The summed E-state index contributed by atoms with van der Waals surface area (Å²) in [5.41, 5.74) is 2.52. The number of nitrogens with one attached hydrogen (secondary N) is 1. The van der Waals surface area contributed by atoms with Gasteiger partial charge in [0.05, 0.1) is 6.61 Å². The van der Waals surface area contributed by atoms with Crippen LogP contribution in [0.15, 0.2) is 16.6 Å². The van der Waals surface area contributed by atoms with E-state index in [9.17, 15) is 0 Å². The maximum Gasteiger partial charge on any atom is 0.189 e. The third-order valence-electron chi connectivity index (χ3n) is 3.46. The molecule has 4 heteroatoms. The zero-order valence-electron chi connectivity index (χ0n) is 9.67. The van der Waals surface area contributed by atoms with E-state index in [1.54, 1.807) is 0 Å². The Labute approximate surface area is 110 Å². The largest absolute Gasteiger partial charge is 0.467 e. The van der Waals surface area contributed by atoms with E-state index >= 15 is 0 Å². The Morgan fingerprint density at radius 2 is 2.24 bits per heavy atom. The van der Waals surface area contributed by atoms with Crippen molar-refractivity contribution in [3.63, 3.8) is 0 Å². The molecule has 0 amide bonds. The summed E-state index contributed by atoms with van der Waals surface area (Å²) in [5, 5.41) is 3.59. The van der Waals surface area contributed by atoms with Gasteiger partial charge >= 0.3 is 0 Å². The van der Waals surface area contributed by atoms with Gasteiger partial charge in [0, 0.05) is 16.1 Å². The average Bonchev–Trinajstić information content (AvgIpc) is 2.39. The van der Waals surface area contributed by atoms with Crippen molar-refractivity contribution in [2.45, 2.75) is 31.9 Å². The summed E-state index contributed by atoms with van der Waals surface area (Å²) in [6.07, 6.45) is 3.75. The summed E-state index contributed by atoms with van der Waals surface area (Å²) in [7, 11) is 0. The molecule has 0 saturated carbocycles. The zero-order chi connectivity index (χ0) is 11.7. The lowest BCUT2D eigenvalue weighted by Crippen LogP contribution is -2.29. The van der Waals surface area contributed by atoms with Gasteiger partial charge in [-0.3, -0.25) is 0 Å². The number of halogens is 1. The third kappa shape index (κ3) is 2.21. The first-order valence-corrected chi connectivity index (χ1v) is 6.91. The highest BCUT2D eigenvalue weighted by Crippen LogP contribution is 2.38. The predicted octanol–water partition coefficient (Wildman–Crippen LogP) is 3.13. The number of hydrogen-bond acceptors (Lipinski definition) is 3. The quantitative estimate of drug-likeness (QED) is 0.864. The summed E-state index contributed by atoms with van der Waals surface area (Å²) in [4.78, 5) is 0. The van der Waals surface area contributed by atoms with Gasteiger partial charge in [-0.2, -0.15) is 0 Å². The Morgan fingerprint density at radius 1 is 1.29 bits per heavy atom. The lowest BCUT2D eigenvalue weighted by Gasteiger charge is -2.29. The molecule has 1 aromatic rings. The first-order valence-electron chi connectivity index (χ1n) is 6.11. The highest BCUT2D eigenvalue weighted by Gasteiger charge is 2.24. The average molecular weight is 298 g/mol. The van der Waals surface area contributed by atoms with Gasteiger partial charge in [0.2, 0.25) is 0 Å². The lowest BCUT2D eigenvalue weighted by molar-refractivity contribution is -0.0172. The second-order valence-corrected chi connectivity index (χ2v) is 5.41. The molecule has 0 bridgehead atoms. The molecule has 0 spiro atoms. The molecule has 17 heavy (non-hydrogen) atoms. The minimum absolute atomic E-state index is 0.367. The topological polar surface area (TPSA) is 30.5 Å². The minimum Gasteiger partial charge on any atom is -0.467 e. The van der Waals surface area contributed by atoms with Crippen LogP contribution in [0.4, 0.5) is 0 Å². The maximum absolute atomic E-state index is 5.54. The first kappa shape index (κ1) is 11.5. The van der Waals surface area contributed by atoms with Crippen LogP contribution in [0.2, 0.25) is 0 Å². The summed E-state index contributed by atoms with van der Waals surface area (Å²) in [5.74, 6) is 0.974. The summed E-state index contributed by atoms with van der Waals surface area (Å²) >= 11 is 3.66. The molecule has 1 fully saturated rings. The number of benzene rings is 1. The molecule has 1 unspecified atom stereocenters. The second kappa shape index (κ2) is 4.96. The van der Waals surface area contributed by atoms with Gasteiger partial charge in [-0.1, -0.05) is 22.4 Å². The fourth-order valence-corrected chi connectivity index (χ4v) is 3.27. The number of hydrogen-bond donors (Lipinski definition) is 1. The van der Waals surface area contributed by atoms with Crippen molar-refractivity contribution in [1.82, 2.24) is 5.32 Å². The van der Waals surface area contributed by atoms with E-state index in [1.807, 2.05) is 6.07 Å². The monoisotopic (exact) mass is 297 g/mol. The molecular formula is C13H16BrNO2. The first-order chi connectivity index (χ1) is 8.36. The SMILES string of the molecule is Brc1ccc2c(c1C1CCCCN1)COCO2. The molecule has 3 nitrogen and oxygen atoms in total. The Balaban J connectivity index is 2.01. The van der Waals surface area contributed by atoms with Crippen LogP contribution in [0.3, 0.4) is 0 Å². The smallest absolute Gasteiger partial charge is 0.189 e. The summed E-state index contributed by atoms with van der Waals surface area (Å²) < 4.78 is 12.1. The van der Waals surface area contributed by atoms with Crippen molar-refractivity contribution in [2.24, 2.45) is 0 Å². The Hall–Kier alpha value is -0.580. The van der Waals surface area contributed by atoms with E-state index in [0.717, 1.165) is 16.8 Å². The van der Waals surface area contributed by atoms with Crippen LogP contribution in [-0.2, 0) is 11.3 Å². The van der Waals surface area contributed by atoms with E-state index in [0.29, 0.717) is 19.4 Å². The van der Waals surface area contributed by atoms with Gasteiger partial charge in [-0.15, -0.1) is 0 Å². The number of rotatable bonds is 1. The molecule has 1 aromatic carbocycles. The van der Waals surface area contributed by atoms with E-state index < -0.39 is 0 Å². The van der Waals surface area contributed by atoms with E-state index in [4.69, 9.17) is 9.47 Å². The van der Waals surface area contributed by atoms with Crippen LogP contribution in [0.1, 0.15) is 36.4 Å². The number of piperidine rings is 1. The molecule has 0 aliphatic carbocycles. The Bertz CT molecular complexity index is 416. The van der Waals surface area contributed by atoms with Crippen molar-refractivity contribution in [2.75, 3.05) is 13.3 Å². The van der Waals surface area contributed by atoms with Gasteiger partial charge in [-0.05, 0) is 37.1 Å². The van der Waals surface area contributed by atoms with Crippen LogP contribution >= 0.6 is 15.9 Å². The van der Waals surface area contributed by atoms with Gasteiger partial charge < -0.3 is 14.8 Å². The standard InChI is InChI=1S/C13H16BrNO2/c14-10-4-5-12-9(7-16-8-17-12)13(10)11-3-1-2-6-15-11/h4-5,11,15H,1-3,6-8H2. The lowest BCUT2D eigenvalue weighted by atomic mass is 9.93. The normalized spacial score (nSPS) is 23.9. The number of ether oxygens (including phenoxy) is 2. The molecule has 0 radical (unpaired) electrons. The molecule has 1 atom stereocenters. The molecule has 3 rings (SSSR count). The van der Waals surface area contributed by atoms with Gasteiger partial charge in [0.1, 0.15) is 5.75 Å². The van der Waals surface area contributed by atoms with Gasteiger partial charge in [0.25, 0.3) is 0 Å². The molecule has 1 N–H and O–H groups in total. The highest BCUT2D eigenvalue weighted by molar-refractivity contribution is 9.10. The van der Waals surface area contributed by atoms with Crippen molar-refractivity contribution in [3.05, 3.63) is 27.7 Å². The molecule has 2 aliphatic rings.